The van der Waals surface area contributed by atoms with Crippen LogP contribution in [0.3, 0.4) is 0 Å². The first kappa shape index (κ1) is 15.8. The molecule has 0 fully saturated rings. The Kier molecular flexibility index (Phi) is 4.91. The van der Waals surface area contributed by atoms with E-state index in [0.717, 1.165) is 0 Å². The van der Waals surface area contributed by atoms with Crippen LogP contribution in [0.25, 0.3) is 0 Å². The van der Waals surface area contributed by atoms with E-state index >= 15 is 0 Å². The predicted octanol–water partition coefficient (Wildman–Crippen LogP) is 2.89. The van der Waals surface area contributed by atoms with Crippen molar-refractivity contribution < 1.29 is 19.4 Å². The van der Waals surface area contributed by atoms with Gasteiger partial charge in [0.15, 0.2) is 0 Å². The minimum Gasteiger partial charge on any atom is -0.478 e. The summed E-state index contributed by atoms with van der Waals surface area (Å²) in [4.78, 5) is 22.9. The highest BCUT2D eigenvalue weighted by molar-refractivity contribution is 5.88. The van der Waals surface area contributed by atoms with Crippen LogP contribution >= 0.6 is 0 Å². The number of hydrogen-bond acceptors (Lipinski definition) is 3. The molecule has 2 N–H and O–H groups in total. The van der Waals surface area contributed by atoms with E-state index in [1.54, 1.807) is 51.1 Å². The number of ether oxygens (including phenoxy) is 1. The number of carboxylic acids is 1. The molecule has 0 aliphatic heterocycles. The zero-order valence-corrected chi connectivity index (χ0v) is 11.8. The van der Waals surface area contributed by atoms with Crippen LogP contribution < -0.4 is 5.32 Å². The SMILES string of the molecule is C=C(C(=O)O)C(NC(=O)OC(C)(C)C)c1ccccc1. The molecule has 0 spiro atoms. The summed E-state index contributed by atoms with van der Waals surface area (Å²) in [7, 11) is 0. The first-order valence-electron chi connectivity index (χ1n) is 6.17. The molecule has 1 aromatic rings. The Hall–Kier alpha value is -2.30. The van der Waals surface area contributed by atoms with E-state index in [1.807, 2.05) is 0 Å². The number of benzene rings is 1. The lowest BCUT2D eigenvalue weighted by Crippen LogP contribution is -2.36. The average molecular weight is 277 g/mol. The van der Waals surface area contributed by atoms with Crippen LogP contribution in [0.4, 0.5) is 4.79 Å². The molecule has 0 saturated heterocycles. The van der Waals surface area contributed by atoms with E-state index in [0.29, 0.717) is 5.56 Å². The third kappa shape index (κ3) is 4.76. The largest absolute Gasteiger partial charge is 0.478 e. The Morgan fingerprint density at radius 1 is 1.25 bits per heavy atom. The van der Waals surface area contributed by atoms with Crippen molar-refractivity contribution in [1.29, 1.82) is 0 Å². The number of alkyl carbamates (subject to hydrolysis) is 1. The van der Waals surface area contributed by atoms with E-state index in [9.17, 15) is 9.59 Å². The van der Waals surface area contributed by atoms with Crippen molar-refractivity contribution >= 4 is 12.1 Å². The molecular weight excluding hydrogens is 258 g/mol. The fourth-order valence-corrected chi connectivity index (χ4v) is 1.57. The van der Waals surface area contributed by atoms with Crippen molar-refractivity contribution in [1.82, 2.24) is 5.32 Å². The summed E-state index contributed by atoms with van der Waals surface area (Å²) in [6, 6.07) is 7.93. The third-order valence-electron chi connectivity index (χ3n) is 2.42. The summed E-state index contributed by atoms with van der Waals surface area (Å²) in [5.41, 5.74) is -0.150. The second-order valence-corrected chi connectivity index (χ2v) is 5.32. The van der Waals surface area contributed by atoms with E-state index < -0.39 is 23.7 Å². The molecule has 0 bridgehead atoms. The molecule has 1 atom stereocenters. The van der Waals surface area contributed by atoms with Crippen LogP contribution in [0.1, 0.15) is 32.4 Å². The maximum absolute atomic E-state index is 11.8. The molecule has 1 amide bonds. The molecule has 0 saturated carbocycles. The zero-order chi connectivity index (χ0) is 15.3. The number of rotatable bonds is 4. The molecule has 0 heterocycles. The smallest absolute Gasteiger partial charge is 0.408 e. The van der Waals surface area contributed by atoms with Gasteiger partial charge >= 0.3 is 12.1 Å². The van der Waals surface area contributed by atoms with Crippen molar-refractivity contribution in [2.75, 3.05) is 0 Å². The van der Waals surface area contributed by atoms with E-state index in [2.05, 4.69) is 11.9 Å². The molecule has 1 aromatic carbocycles. The van der Waals surface area contributed by atoms with E-state index in [1.165, 1.54) is 0 Å². The molecule has 0 radical (unpaired) electrons. The summed E-state index contributed by atoms with van der Waals surface area (Å²) < 4.78 is 5.14. The van der Waals surface area contributed by atoms with Gasteiger partial charge in [-0.25, -0.2) is 9.59 Å². The van der Waals surface area contributed by atoms with Crippen LogP contribution in [-0.4, -0.2) is 22.8 Å². The highest BCUT2D eigenvalue weighted by Gasteiger charge is 2.25. The molecule has 20 heavy (non-hydrogen) atoms. The summed E-state index contributed by atoms with van der Waals surface area (Å²) in [5, 5.41) is 11.6. The third-order valence-corrected chi connectivity index (χ3v) is 2.42. The first-order chi connectivity index (χ1) is 9.20. The number of carbonyl (C=O) groups is 2. The Labute approximate surface area is 118 Å². The van der Waals surface area contributed by atoms with E-state index in [-0.39, 0.29) is 5.57 Å². The number of amides is 1. The molecule has 0 aliphatic carbocycles. The standard InChI is InChI=1S/C15H19NO4/c1-10(13(17)18)12(11-8-6-5-7-9-11)16-14(19)20-15(2,3)4/h5-9,12H,1H2,2-4H3,(H,16,19)(H,17,18). The topological polar surface area (TPSA) is 75.6 Å². The van der Waals surface area contributed by atoms with Gasteiger partial charge in [0.05, 0.1) is 11.6 Å². The van der Waals surface area contributed by atoms with Gasteiger partial charge in [-0.1, -0.05) is 36.9 Å². The van der Waals surface area contributed by atoms with E-state index in [4.69, 9.17) is 9.84 Å². The fraction of sp³-hybridized carbons (Fsp3) is 0.333. The Morgan fingerprint density at radius 3 is 2.25 bits per heavy atom. The second kappa shape index (κ2) is 6.23. The summed E-state index contributed by atoms with van der Waals surface area (Å²) in [6.07, 6.45) is -0.686. The van der Waals surface area contributed by atoms with Gasteiger partial charge in [0.2, 0.25) is 0 Å². The van der Waals surface area contributed by atoms with Crippen LogP contribution in [0.5, 0.6) is 0 Å². The molecule has 5 nitrogen and oxygen atoms in total. The van der Waals surface area contributed by atoms with Crippen molar-refractivity contribution in [3.05, 3.63) is 48.0 Å². The van der Waals surface area contributed by atoms with Crippen LogP contribution in [-0.2, 0) is 9.53 Å². The van der Waals surface area contributed by atoms with Gasteiger partial charge in [0.1, 0.15) is 5.60 Å². The lowest BCUT2D eigenvalue weighted by molar-refractivity contribution is -0.133. The second-order valence-electron chi connectivity index (χ2n) is 5.32. The normalized spacial score (nSPS) is 12.3. The average Bonchev–Trinajstić information content (AvgIpc) is 2.34. The van der Waals surface area contributed by atoms with Gasteiger partial charge in [-0.3, -0.25) is 0 Å². The minimum atomic E-state index is -1.17. The molecule has 0 aromatic heterocycles. The molecule has 5 heteroatoms. The number of aliphatic carboxylic acids is 1. The zero-order valence-electron chi connectivity index (χ0n) is 11.8. The molecule has 1 unspecified atom stereocenters. The highest BCUT2D eigenvalue weighted by Crippen LogP contribution is 2.21. The van der Waals surface area contributed by atoms with Gasteiger partial charge < -0.3 is 15.2 Å². The van der Waals surface area contributed by atoms with Gasteiger partial charge in [-0.2, -0.15) is 0 Å². The summed E-state index contributed by atoms with van der Waals surface area (Å²) in [5.74, 6) is -1.17. The summed E-state index contributed by atoms with van der Waals surface area (Å²) in [6.45, 7) is 8.71. The number of nitrogens with one attached hydrogen (secondary N) is 1. The Morgan fingerprint density at radius 2 is 1.80 bits per heavy atom. The Balaban J connectivity index is 2.93. The number of carboxylic acid groups (broad SMARTS) is 1. The van der Waals surface area contributed by atoms with Crippen molar-refractivity contribution in [2.24, 2.45) is 0 Å². The van der Waals surface area contributed by atoms with Crippen molar-refractivity contribution in [3.63, 3.8) is 0 Å². The number of carbonyl (C=O) groups excluding carboxylic acids is 1. The predicted molar refractivity (Wildman–Crippen MR) is 75.3 cm³/mol. The summed E-state index contributed by atoms with van der Waals surface area (Å²) >= 11 is 0. The lowest BCUT2D eigenvalue weighted by Gasteiger charge is -2.24. The number of hydrogen-bond donors (Lipinski definition) is 2. The Bertz CT molecular complexity index is 502. The van der Waals surface area contributed by atoms with Crippen molar-refractivity contribution in [3.8, 4) is 0 Å². The van der Waals surface area contributed by atoms with Crippen LogP contribution in [0, 0.1) is 0 Å². The van der Waals surface area contributed by atoms with Crippen LogP contribution in [0.15, 0.2) is 42.5 Å². The van der Waals surface area contributed by atoms with Gasteiger partial charge in [-0.05, 0) is 26.3 Å². The maximum Gasteiger partial charge on any atom is 0.408 e. The van der Waals surface area contributed by atoms with Gasteiger partial charge in [0.25, 0.3) is 0 Å². The van der Waals surface area contributed by atoms with Crippen molar-refractivity contribution in [2.45, 2.75) is 32.4 Å². The molecule has 1 rings (SSSR count). The quantitative estimate of drug-likeness (QED) is 0.830. The first-order valence-corrected chi connectivity index (χ1v) is 6.17. The molecular formula is C15H19NO4. The minimum absolute atomic E-state index is 0.123. The molecule has 0 aliphatic rings. The maximum atomic E-state index is 11.8. The van der Waals surface area contributed by atoms with Gasteiger partial charge in [-0.15, -0.1) is 0 Å². The fourth-order valence-electron chi connectivity index (χ4n) is 1.57. The van der Waals surface area contributed by atoms with Gasteiger partial charge in [0, 0.05) is 0 Å². The lowest BCUT2D eigenvalue weighted by atomic mass is 10.0. The highest BCUT2D eigenvalue weighted by atomic mass is 16.6. The molecule has 108 valence electrons. The van der Waals surface area contributed by atoms with Crippen LogP contribution in [0.2, 0.25) is 0 Å². The monoisotopic (exact) mass is 277 g/mol.